The van der Waals surface area contributed by atoms with Crippen LogP contribution in [-0.2, 0) is 21.5 Å². The van der Waals surface area contributed by atoms with Gasteiger partial charge >= 0.3 is 5.97 Å². The first kappa shape index (κ1) is 21.9. The Bertz CT molecular complexity index is 904. The second kappa shape index (κ2) is 8.50. The highest BCUT2D eigenvalue weighted by Crippen LogP contribution is 2.45. The molecule has 1 aromatic heterocycles. The fourth-order valence-corrected chi connectivity index (χ4v) is 6.05. The maximum absolute atomic E-state index is 12.6. The number of benzene rings is 1. The highest BCUT2D eigenvalue weighted by Gasteiger charge is 2.42. The molecule has 0 saturated heterocycles. The zero-order valence-corrected chi connectivity index (χ0v) is 19.2. The van der Waals surface area contributed by atoms with Gasteiger partial charge in [0.25, 0.3) is 0 Å². The Balaban J connectivity index is 1.79. The number of carbonyl (C=O) groups is 2. The lowest BCUT2D eigenvalue weighted by atomic mass is 9.81. The Labute approximate surface area is 180 Å². The maximum Gasteiger partial charge on any atom is 0.341 e. The van der Waals surface area contributed by atoms with Crippen molar-refractivity contribution in [2.24, 2.45) is 0 Å². The Kier molecular flexibility index (Phi) is 6.41. The molecule has 0 radical (unpaired) electrons. The Morgan fingerprint density at radius 3 is 2.55 bits per heavy atom. The fourth-order valence-electron chi connectivity index (χ4n) is 3.90. The average molecular weight is 433 g/mol. The van der Waals surface area contributed by atoms with Crippen LogP contribution in [0.1, 0.15) is 54.9 Å². The highest BCUT2D eigenvalue weighted by molar-refractivity contribution is 7.99. The maximum atomic E-state index is 12.6. The molecule has 2 N–H and O–H groups in total. The largest absolute Gasteiger partial charge is 0.465 e. The molecule has 0 atom stereocenters. The predicted octanol–water partition coefficient (Wildman–Crippen LogP) is 4.82. The van der Waals surface area contributed by atoms with Crippen LogP contribution < -0.4 is 10.6 Å². The summed E-state index contributed by atoms with van der Waals surface area (Å²) < 4.78 is 5.05. The summed E-state index contributed by atoms with van der Waals surface area (Å²) in [6.45, 7) is 8.45. The standard InChI is InChI=1S/C22H28N2O3S2/c1-21(2)13-15-17(20(26)27-5)19(29-18(15)22(3,4)24-21)23-16(25)11-12-28-14-9-7-6-8-10-14/h6-10,24H,11-13H2,1-5H3,(H,23,25). The Hall–Kier alpha value is -1.83. The van der Waals surface area contributed by atoms with Crippen LogP contribution >= 0.6 is 23.1 Å². The molecule has 156 valence electrons. The third kappa shape index (κ3) is 5.02. The second-order valence-electron chi connectivity index (χ2n) is 8.38. The third-order valence-electron chi connectivity index (χ3n) is 4.83. The van der Waals surface area contributed by atoms with E-state index in [1.54, 1.807) is 11.8 Å². The topological polar surface area (TPSA) is 67.4 Å². The third-order valence-corrected chi connectivity index (χ3v) is 7.31. The number of methoxy groups -OCH3 is 1. The van der Waals surface area contributed by atoms with Gasteiger partial charge in [0.1, 0.15) is 5.00 Å². The molecule has 5 nitrogen and oxygen atoms in total. The molecule has 0 fully saturated rings. The number of rotatable bonds is 6. The minimum atomic E-state index is -0.398. The number of thiophene rings is 1. The minimum absolute atomic E-state index is 0.0952. The molecule has 2 aromatic rings. The average Bonchev–Trinajstić information content (AvgIpc) is 2.99. The molecule has 0 saturated carbocycles. The van der Waals surface area contributed by atoms with E-state index >= 15 is 0 Å². The number of ether oxygens (including phenoxy) is 1. The van der Waals surface area contributed by atoms with Crippen LogP contribution in [0.15, 0.2) is 35.2 Å². The Morgan fingerprint density at radius 1 is 1.21 bits per heavy atom. The summed E-state index contributed by atoms with van der Waals surface area (Å²) in [6.07, 6.45) is 1.07. The summed E-state index contributed by atoms with van der Waals surface area (Å²) >= 11 is 3.11. The quantitative estimate of drug-likeness (QED) is 0.506. The van der Waals surface area contributed by atoms with E-state index in [1.807, 2.05) is 30.3 Å². The number of thioether (sulfide) groups is 1. The minimum Gasteiger partial charge on any atom is -0.465 e. The van der Waals surface area contributed by atoms with Gasteiger partial charge in [-0.15, -0.1) is 23.1 Å². The number of esters is 1. The van der Waals surface area contributed by atoms with E-state index in [4.69, 9.17) is 4.74 Å². The molecule has 0 bridgehead atoms. The number of hydrogen-bond donors (Lipinski definition) is 2. The first-order valence-corrected chi connectivity index (χ1v) is 11.4. The number of amides is 1. The van der Waals surface area contributed by atoms with E-state index in [0.29, 0.717) is 29.2 Å². The molecule has 1 aliphatic rings. The van der Waals surface area contributed by atoms with E-state index in [1.165, 1.54) is 18.4 Å². The molecule has 3 rings (SSSR count). The van der Waals surface area contributed by atoms with Gasteiger partial charge in [-0.25, -0.2) is 4.79 Å². The predicted molar refractivity (Wildman–Crippen MR) is 120 cm³/mol. The molecule has 1 aromatic carbocycles. The van der Waals surface area contributed by atoms with Gasteiger partial charge in [0, 0.05) is 33.0 Å². The summed E-state index contributed by atoms with van der Waals surface area (Å²) in [4.78, 5) is 27.4. The van der Waals surface area contributed by atoms with E-state index in [9.17, 15) is 9.59 Å². The van der Waals surface area contributed by atoms with E-state index < -0.39 is 5.97 Å². The van der Waals surface area contributed by atoms with Crippen molar-refractivity contribution in [2.45, 2.75) is 56.5 Å². The lowest BCUT2D eigenvalue weighted by Crippen LogP contribution is -2.55. The number of fused-ring (bicyclic) bond motifs is 1. The zero-order valence-electron chi connectivity index (χ0n) is 17.5. The van der Waals surface area contributed by atoms with Crippen molar-refractivity contribution in [1.82, 2.24) is 5.32 Å². The molecule has 1 amide bonds. The summed E-state index contributed by atoms with van der Waals surface area (Å²) in [5.74, 6) is 0.182. The van der Waals surface area contributed by atoms with Crippen LogP contribution in [0, 0.1) is 0 Å². The normalized spacial score (nSPS) is 16.7. The van der Waals surface area contributed by atoms with Gasteiger partial charge in [-0.05, 0) is 51.8 Å². The van der Waals surface area contributed by atoms with Crippen molar-refractivity contribution in [3.8, 4) is 0 Å². The fraction of sp³-hybridized carbons (Fsp3) is 0.455. The lowest BCUT2D eigenvalue weighted by Gasteiger charge is -2.42. The van der Waals surface area contributed by atoms with Crippen molar-refractivity contribution in [2.75, 3.05) is 18.2 Å². The lowest BCUT2D eigenvalue weighted by molar-refractivity contribution is -0.115. The van der Waals surface area contributed by atoms with Gasteiger partial charge in [-0.1, -0.05) is 18.2 Å². The molecule has 2 heterocycles. The van der Waals surface area contributed by atoms with E-state index in [0.717, 1.165) is 15.3 Å². The molecule has 29 heavy (non-hydrogen) atoms. The van der Waals surface area contributed by atoms with Crippen LogP contribution in [0.2, 0.25) is 0 Å². The van der Waals surface area contributed by atoms with Crippen LogP contribution in [0.5, 0.6) is 0 Å². The van der Waals surface area contributed by atoms with Crippen molar-refractivity contribution in [3.05, 3.63) is 46.3 Å². The van der Waals surface area contributed by atoms with Gasteiger partial charge in [-0.2, -0.15) is 0 Å². The van der Waals surface area contributed by atoms with Crippen molar-refractivity contribution in [3.63, 3.8) is 0 Å². The van der Waals surface area contributed by atoms with Gasteiger partial charge in [0.05, 0.1) is 12.7 Å². The molecule has 0 spiro atoms. The molecular formula is C22H28N2O3S2. The molecular weight excluding hydrogens is 404 g/mol. The first-order chi connectivity index (χ1) is 13.6. The SMILES string of the molecule is COC(=O)c1c(NC(=O)CCSc2ccccc2)sc2c1CC(C)(C)NC2(C)C. The van der Waals surface area contributed by atoms with Crippen LogP contribution in [0.3, 0.4) is 0 Å². The van der Waals surface area contributed by atoms with E-state index in [-0.39, 0.29) is 17.0 Å². The van der Waals surface area contributed by atoms with Crippen LogP contribution in [0.4, 0.5) is 5.00 Å². The van der Waals surface area contributed by atoms with Gasteiger partial charge in [0.2, 0.25) is 5.91 Å². The molecule has 0 unspecified atom stereocenters. The smallest absolute Gasteiger partial charge is 0.341 e. The molecule has 1 aliphatic heterocycles. The number of carbonyl (C=O) groups excluding carboxylic acids is 2. The van der Waals surface area contributed by atoms with Crippen molar-refractivity contribution in [1.29, 1.82) is 0 Å². The van der Waals surface area contributed by atoms with Crippen molar-refractivity contribution < 1.29 is 14.3 Å². The first-order valence-electron chi connectivity index (χ1n) is 9.64. The van der Waals surface area contributed by atoms with Gasteiger partial charge in [0.15, 0.2) is 0 Å². The second-order valence-corrected chi connectivity index (χ2v) is 10.6. The molecule has 0 aliphatic carbocycles. The van der Waals surface area contributed by atoms with Gasteiger partial charge < -0.3 is 15.4 Å². The summed E-state index contributed by atoms with van der Waals surface area (Å²) in [5.41, 5.74) is 1.02. The summed E-state index contributed by atoms with van der Waals surface area (Å²) in [5, 5.41) is 7.19. The summed E-state index contributed by atoms with van der Waals surface area (Å²) in [6, 6.07) is 10.0. The number of nitrogens with one attached hydrogen (secondary N) is 2. The number of hydrogen-bond acceptors (Lipinski definition) is 6. The van der Waals surface area contributed by atoms with Crippen LogP contribution in [-0.4, -0.2) is 30.3 Å². The highest BCUT2D eigenvalue weighted by atomic mass is 32.2. The monoisotopic (exact) mass is 432 g/mol. The summed E-state index contributed by atoms with van der Waals surface area (Å²) in [7, 11) is 1.38. The van der Waals surface area contributed by atoms with Crippen LogP contribution in [0.25, 0.3) is 0 Å². The van der Waals surface area contributed by atoms with E-state index in [2.05, 4.69) is 38.3 Å². The number of anilines is 1. The Morgan fingerprint density at radius 2 is 1.90 bits per heavy atom. The molecule has 7 heteroatoms. The zero-order chi connectivity index (χ0) is 21.2. The van der Waals surface area contributed by atoms with Gasteiger partial charge in [-0.3, -0.25) is 4.79 Å². The van der Waals surface area contributed by atoms with Crippen molar-refractivity contribution >= 4 is 40.0 Å².